The molecule has 20 heavy (non-hydrogen) atoms. The molecule has 0 saturated carbocycles. The van der Waals surface area contributed by atoms with Crippen LogP contribution in [0.4, 0.5) is 10.6 Å². The van der Waals surface area contributed by atoms with Gasteiger partial charge in [-0.25, -0.2) is 14.8 Å². The summed E-state index contributed by atoms with van der Waals surface area (Å²) in [6.07, 6.45) is 1.55. The Bertz CT molecular complexity index is 612. The van der Waals surface area contributed by atoms with E-state index in [2.05, 4.69) is 20.6 Å². The van der Waals surface area contributed by atoms with E-state index in [1.54, 1.807) is 20.4 Å². The molecule has 1 heterocycles. The van der Waals surface area contributed by atoms with Crippen molar-refractivity contribution in [1.29, 1.82) is 0 Å². The fourth-order valence-corrected chi connectivity index (χ4v) is 1.88. The number of carbonyl (C=O) groups is 1. The van der Waals surface area contributed by atoms with Crippen molar-refractivity contribution in [2.75, 3.05) is 32.5 Å². The molecule has 0 radical (unpaired) electrons. The molecule has 6 heteroatoms. The Hall–Kier alpha value is -2.37. The number of fused-ring (bicyclic) bond motifs is 1. The second kappa shape index (κ2) is 6.18. The van der Waals surface area contributed by atoms with Crippen molar-refractivity contribution in [2.45, 2.75) is 6.92 Å². The van der Waals surface area contributed by atoms with Crippen molar-refractivity contribution in [3.8, 4) is 0 Å². The van der Waals surface area contributed by atoms with Crippen LogP contribution in [0.25, 0.3) is 10.9 Å². The Morgan fingerprint density at radius 1 is 1.25 bits per heavy atom. The molecule has 0 aliphatic rings. The average molecular weight is 273 g/mol. The van der Waals surface area contributed by atoms with Crippen LogP contribution in [-0.2, 0) is 0 Å². The number of nitrogens with zero attached hydrogens (tertiary/aromatic N) is 3. The molecule has 0 unspecified atom stereocenters. The zero-order valence-electron chi connectivity index (χ0n) is 12.0. The molecule has 0 saturated heterocycles. The molecule has 0 fully saturated rings. The smallest absolute Gasteiger partial charge is 0.316 e. The van der Waals surface area contributed by atoms with Crippen LogP contribution in [0.15, 0.2) is 24.5 Å². The molecule has 6 nitrogen and oxygen atoms in total. The van der Waals surface area contributed by atoms with Gasteiger partial charge in [0.2, 0.25) is 0 Å². The van der Waals surface area contributed by atoms with Crippen LogP contribution in [0.5, 0.6) is 0 Å². The van der Waals surface area contributed by atoms with E-state index in [1.165, 1.54) is 4.90 Å². The number of benzene rings is 1. The van der Waals surface area contributed by atoms with E-state index in [4.69, 9.17) is 0 Å². The van der Waals surface area contributed by atoms with E-state index in [0.717, 1.165) is 22.3 Å². The Morgan fingerprint density at radius 3 is 2.80 bits per heavy atom. The SMILES string of the molecule is Cc1cccc2c(NCCNC(=O)N(C)C)ncnc12. The van der Waals surface area contributed by atoms with Crippen LogP contribution in [0.1, 0.15) is 5.56 Å². The lowest BCUT2D eigenvalue weighted by Crippen LogP contribution is -2.37. The highest BCUT2D eigenvalue weighted by Crippen LogP contribution is 2.21. The molecule has 2 N–H and O–H groups in total. The van der Waals surface area contributed by atoms with Gasteiger partial charge in [0.05, 0.1) is 5.52 Å². The molecule has 0 spiro atoms. The van der Waals surface area contributed by atoms with E-state index < -0.39 is 0 Å². The van der Waals surface area contributed by atoms with Crippen LogP contribution in [0.2, 0.25) is 0 Å². The van der Waals surface area contributed by atoms with Crippen LogP contribution in [0, 0.1) is 6.92 Å². The lowest BCUT2D eigenvalue weighted by Gasteiger charge is -2.13. The summed E-state index contributed by atoms with van der Waals surface area (Å²) in [6.45, 7) is 3.17. The van der Waals surface area contributed by atoms with Gasteiger partial charge in [-0.1, -0.05) is 12.1 Å². The van der Waals surface area contributed by atoms with Crippen molar-refractivity contribution < 1.29 is 4.79 Å². The van der Waals surface area contributed by atoms with Crippen LogP contribution in [-0.4, -0.2) is 48.1 Å². The van der Waals surface area contributed by atoms with E-state index in [1.807, 2.05) is 25.1 Å². The molecule has 1 aromatic carbocycles. The summed E-state index contributed by atoms with van der Waals surface area (Å²) in [4.78, 5) is 21.4. The molecule has 1 aromatic heterocycles. The Balaban J connectivity index is 2.00. The van der Waals surface area contributed by atoms with E-state index >= 15 is 0 Å². The van der Waals surface area contributed by atoms with Crippen LogP contribution < -0.4 is 10.6 Å². The second-order valence-corrected chi connectivity index (χ2v) is 4.75. The standard InChI is InChI=1S/C14H19N5O/c1-10-5-4-6-11-12(10)17-9-18-13(11)15-7-8-16-14(20)19(2)3/h4-6,9H,7-8H2,1-3H3,(H,16,20)(H,15,17,18). The second-order valence-electron chi connectivity index (χ2n) is 4.75. The van der Waals surface area contributed by atoms with Gasteiger partial charge in [0.1, 0.15) is 12.1 Å². The fraction of sp³-hybridized carbons (Fsp3) is 0.357. The summed E-state index contributed by atoms with van der Waals surface area (Å²) in [5.74, 6) is 0.790. The minimum atomic E-state index is -0.102. The highest BCUT2D eigenvalue weighted by Gasteiger charge is 2.05. The molecule has 106 valence electrons. The molecule has 2 rings (SSSR count). The normalized spacial score (nSPS) is 10.3. The molecule has 0 atom stereocenters. The maximum absolute atomic E-state index is 11.4. The first kappa shape index (κ1) is 14.0. The first-order valence-electron chi connectivity index (χ1n) is 6.49. The van der Waals surface area contributed by atoms with Gasteiger partial charge in [0.15, 0.2) is 0 Å². The topological polar surface area (TPSA) is 70.2 Å². The molecule has 0 aliphatic heterocycles. The monoisotopic (exact) mass is 273 g/mol. The molecule has 2 aromatic rings. The molecular formula is C14H19N5O. The lowest BCUT2D eigenvalue weighted by atomic mass is 10.1. The van der Waals surface area contributed by atoms with Crippen LogP contribution in [0.3, 0.4) is 0 Å². The van der Waals surface area contributed by atoms with Crippen molar-refractivity contribution in [3.05, 3.63) is 30.1 Å². The number of urea groups is 1. The molecule has 0 bridgehead atoms. The van der Waals surface area contributed by atoms with Gasteiger partial charge in [-0.3, -0.25) is 0 Å². The summed E-state index contributed by atoms with van der Waals surface area (Å²) in [5.41, 5.74) is 2.07. The number of aryl methyl sites for hydroxylation is 1. The number of hydrogen-bond acceptors (Lipinski definition) is 4. The summed E-state index contributed by atoms with van der Waals surface area (Å²) < 4.78 is 0. The third kappa shape index (κ3) is 3.14. The Labute approximate surface area is 118 Å². The number of amides is 2. The number of anilines is 1. The number of aromatic nitrogens is 2. The average Bonchev–Trinajstić information content (AvgIpc) is 2.44. The third-order valence-electron chi connectivity index (χ3n) is 2.97. The molecule has 0 aliphatic carbocycles. The first-order chi connectivity index (χ1) is 9.59. The summed E-state index contributed by atoms with van der Waals surface area (Å²) >= 11 is 0. The Kier molecular flexibility index (Phi) is 4.34. The van der Waals surface area contributed by atoms with Gasteiger partial charge < -0.3 is 15.5 Å². The fourth-order valence-electron chi connectivity index (χ4n) is 1.88. The predicted molar refractivity (Wildman–Crippen MR) is 79.9 cm³/mol. The Morgan fingerprint density at radius 2 is 2.05 bits per heavy atom. The van der Waals surface area contributed by atoms with Gasteiger partial charge in [0, 0.05) is 32.6 Å². The van der Waals surface area contributed by atoms with Crippen molar-refractivity contribution in [2.24, 2.45) is 0 Å². The summed E-state index contributed by atoms with van der Waals surface area (Å²) in [6, 6.07) is 5.90. The number of nitrogens with one attached hydrogen (secondary N) is 2. The quantitative estimate of drug-likeness (QED) is 0.831. The van der Waals surface area contributed by atoms with Crippen LogP contribution >= 0.6 is 0 Å². The minimum absolute atomic E-state index is 0.102. The van der Waals surface area contributed by atoms with Gasteiger partial charge in [-0.2, -0.15) is 0 Å². The minimum Gasteiger partial charge on any atom is -0.368 e. The van der Waals surface area contributed by atoms with E-state index in [9.17, 15) is 4.79 Å². The maximum Gasteiger partial charge on any atom is 0.316 e. The van der Waals surface area contributed by atoms with Crippen molar-refractivity contribution in [1.82, 2.24) is 20.2 Å². The summed E-state index contributed by atoms with van der Waals surface area (Å²) in [5, 5.41) is 7.01. The predicted octanol–water partition coefficient (Wildman–Crippen LogP) is 1.62. The van der Waals surface area contributed by atoms with E-state index in [0.29, 0.717) is 13.1 Å². The zero-order chi connectivity index (χ0) is 14.5. The molecule has 2 amide bonds. The largest absolute Gasteiger partial charge is 0.368 e. The number of carbonyl (C=O) groups excluding carboxylic acids is 1. The number of hydrogen-bond donors (Lipinski definition) is 2. The number of para-hydroxylation sites is 1. The molecular weight excluding hydrogens is 254 g/mol. The van der Waals surface area contributed by atoms with Gasteiger partial charge in [0.25, 0.3) is 0 Å². The van der Waals surface area contributed by atoms with Crippen molar-refractivity contribution >= 4 is 22.8 Å². The highest BCUT2D eigenvalue weighted by molar-refractivity contribution is 5.90. The zero-order valence-corrected chi connectivity index (χ0v) is 12.0. The highest BCUT2D eigenvalue weighted by atomic mass is 16.2. The van der Waals surface area contributed by atoms with E-state index in [-0.39, 0.29) is 6.03 Å². The maximum atomic E-state index is 11.4. The summed E-state index contributed by atoms with van der Waals surface area (Å²) in [7, 11) is 3.42. The van der Waals surface area contributed by atoms with Gasteiger partial charge >= 0.3 is 6.03 Å². The number of rotatable bonds is 4. The third-order valence-corrected chi connectivity index (χ3v) is 2.97. The van der Waals surface area contributed by atoms with Crippen molar-refractivity contribution in [3.63, 3.8) is 0 Å². The van der Waals surface area contributed by atoms with Gasteiger partial charge in [-0.05, 0) is 18.6 Å². The first-order valence-corrected chi connectivity index (χ1v) is 6.49. The van der Waals surface area contributed by atoms with Gasteiger partial charge in [-0.15, -0.1) is 0 Å². The lowest BCUT2D eigenvalue weighted by molar-refractivity contribution is 0.218.